The Balaban J connectivity index is 2.66. The van der Waals surface area contributed by atoms with E-state index in [-0.39, 0.29) is 31.1 Å². The van der Waals surface area contributed by atoms with Crippen molar-refractivity contribution < 1.29 is 35.5 Å². The highest BCUT2D eigenvalue weighted by Gasteiger charge is 2.37. The smallest absolute Gasteiger partial charge is 0.385 e. The molecular weight excluding hydrogens is 442 g/mol. The maximum atomic E-state index is 13.2. The lowest BCUT2D eigenvalue weighted by molar-refractivity contribution is -0.140. The van der Waals surface area contributed by atoms with Crippen LogP contribution >= 0.6 is 0 Å². The van der Waals surface area contributed by atoms with E-state index in [1.165, 1.54) is 0 Å². The Kier molecular flexibility index (Phi) is 10.7. The molecule has 0 aromatic heterocycles. The number of carbonyl (C=O) groups excluding carboxylic acids is 1. The monoisotopic (exact) mass is 471 g/mol. The lowest BCUT2D eigenvalue weighted by atomic mass is 10.2. The first kappa shape index (κ1) is 27.1. The Hall–Kier alpha value is -1.92. The van der Waals surface area contributed by atoms with E-state index in [2.05, 4.69) is 10.0 Å². The number of hydrogen-bond acceptors (Lipinski definition) is 4. The number of unbranched alkanes of at least 4 members (excludes halogenated alkanes) is 1. The number of urea groups is 1. The molecule has 0 fully saturated rings. The van der Waals surface area contributed by atoms with Crippen LogP contribution in [0.3, 0.4) is 0 Å². The summed E-state index contributed by atoms with van der Waals surface area (Å²) in [6.07, 6.45) is -3.67. The number of rotatable bonds is 12. The highest BCUT2D eigenvalue weighted by Crippen LogP contribution is 2.34. The van der Waals surface area contributed by atoms with Crippen molar-refractivity contribution in [3.8, 4) is 0 Å². The Bertz CT molecular complexity index is 817. The fourth-order valence-corrected chi connectivity index (χ4v) is 4.00. The van der Waals surface area contributed by atoms with Crippen molar-refractivity contribution in [3.05, 3.63) is 29.6 Å². The van der Waals surface area contributed by atoms with Gasteiger partial charge in [-0.05, 0) is 51.3 Å². The van der Waals surface area contributed by atoms with Crippen LogP contribution in [0.2, 0.25) is 0 Å². The van der Waals surface area contributed by atoms with Gasteiger partial charge >= 0.3 is 12.2 Å². The van der Waals surface area contributed by atoms with Crippen LogP contribution in [0.25, 0.3) is 0 Å². The van der Waals surface area contributed by atoms with Gasteiger partial charge in [-0.15, -0.1) is 0 Å². The fourth-order valence-electron chi connectivity index (χ4n) is 2.72. The van der Waals surface area contributed by atoms with Gasteiger partial charge in [0.05, 0.1) is 10.5 Å². The Morgan fingerprint density at radius 1 is 1.16 bits per heavy atom. The summed E-state index contributed by atoms with van der Waals surface area (Å²) in [5.74, 6) is -1.18. The van der Waals surface area contributed by atoms with E-state index in [1.54, 1.807) is 12.0 Å². The summed E-state index contributed by atoms with van der Waals surface area (Å²) in [4.78, 5) is 12.8. The van der Waals surface area contributed by atoms with Gasteiger partial charge in [-0.2, -0.15) is 13.2 Å². The van der Waals surface area contributed by atoms with Crippen LogP contribution in [-0.2, 0) is 20.9 Å². The predicted molar refractivity (Wildman–Crippen MR) is 108 cm³/mol. The molecule has 0 radical (unpaired) electrons. The average molecular weight is 472 g/mol. The van der Waals surface area contributed by atoms with Crippen molar-refractivity contribution in [2.45, 2.75) is 50.2 Å². The van der Waals surface area contributed by atoms with E-state index in [9.17, 15) is 30.8 Å². The minimum Gasteiger partial charge on any atom is -0.385 e. The van der Waals surface area contributed by atoms with Crippen molar-refractivity contribution in [2.24, 2.45) is 0 Å². The van der Waals surface area contributed by atoms with Crippen LogP contribution in [0.4, 0.5) is 22.4 Å². The lowest BCUT2D eigenvalue weighted by Crippen LogP contribution is -2.44. The van der Waals surface area contributed by atoms with Gasteiger partial charge in [0.15, 0.2) is 0 Å². The number of benzene rings is 1. The third kappa shape index (κ3) is 9.40. The standard InChI is InChI=1S/C19H29F4N3O4S/c1-14(2)25-18(27)26(11-6-12-30-3)10-5-4-9-24-31(28,29)17-8-7-15(20)13-16(17)19(21,22)23/h7-8,13-14,24H,4-6,9-12H2,1-3H3,(H,25,27). The first-order valence-electron chi connectivity index (χ1n) is 9.79. The number of sulfonamides is 1. The second kappa shape index (κ2) is 12.2. The molecule has 0 bridgehead atoms. The van der Waals surface area contributed by atoms with Gasteiger partial charge in [-0.1, -0.05) is 0 Å². The average Bonchev–Trinajstić information content (AvgIpc) is 2.64. The molecule has 0 unspecified atom stereocenters. The summed E-state index contributed by atoms with van der Waals surface area (Å²) in [7, 11) is -2.94. The first-order valence-corrected chi connectivity index (χ1v) is 11.3. The second-order valence-electron chi connectivity index (χ2n) is 7.18. The number of nitrogens with zero attached hydrogens (tertiary/aromatic N) is 1. The summed E-state index contributed by atoms with van der Waals surface area (Å²) in [5.41, 5.74) is -1.56. The second-order valence-corrected chi connectivity index (χ2v) is 8.92. The Labute approximate surface area is 180 Å². The molecule has 178 valence electrons. The predicted octanol–water partition coefficient (Wildman–Crippen LogP) is 3.36. The SMILES string of the molecule is COCCCN(CCCCNS(=O)(=O)c1ccc(F)cc1C(F)(F)F)C(=O)NC(C)C. The highest BCUT2D eigenvalue weighted by atomic mass is 32.2. The third-order valence-electron chi connectivity index (χ3n) is 4.16. The summed E-state index contributed by atoms with van der Waals surface area (Å²) >= 11 is 0. The maximum absolute atomic E-state index is 13.2. The number of amides is 2. The Morgan fingerprint density at radius 2 is 1.81 bits per heavy atom. The summed E-state index contributed by atoms with van der Waals surface area (Å²) < 4.78 is 84.1. The largest absolute Gasteiger partial charge is 0.417 e. The zero-order valence-corrected chi connectivity index (χ0v) is 18.6. The molecule has 12 heteroatoms. The van der Waals surface area contributed by atoms with Gasteiger partial charge < -0.3 is 15.0 Å². The third-order valence-corrected chi connectivity index (χ3v) is 5.68. The molecule has 31 heavy (non-hydrogen) atoms. The molecular formula is C19H29F4N3O4S. The number of hydrogen-bond donors (Lipinski definition) is 2. The minimum absolute atomic E-state index is 0.0530. The summed E-state index contributed by atoms with van der Waals surface area (Å²) in [6.45, 7) is 4.78. The van der Waals surface area contributed by atoms with E-state index in [4.69, 9.17) is 4.74 Å². The van der Waals surface area contributed by atoms with E-state index in [0.29, 0.717) is 44.7 Å². The van der Waals surface area contributed by atoms with Crippen molar-refractivity contribution in [1.82, 2.24) is 14.9 Å². The number of carbonyl (C=O) groups is 1. The van der Waals surface area contributed by atoms with E-state index in [0.717, 1.165) is 0 Å². The number of nitrogens with one attached hydrogen (secondary N) is 2. The molecule has 1 aromatic rings. The van der Waals surface area contributed by atoms with Gasteiger partial charge in [0.25, 0.3) is 0 Å². The van der Waals surface area contributed by atoms with Gasteiger partial charge in [0.2, 0.25) is 10.0 Å². The van der Waals surface area contributed by atoms with E-state index in [1.807, 2.05) is 13.8 Å². The Morgan fingerprint density at radius 3 is 2.39 bits per heavy atom. The molecule has 1 aromatic carbocycles. The molecule has 2 amide bonds. The fraction of sp³-hybridized carbons (Fsp3) is 0.632. The molecule has 1 rings (SSSR count). The van der Waals surface area contributed by atoms with E-state index < -0.39 is 32.5 Å². The molecule has 0 saturated carbocycles. The first-order chi connectivity index (χ1) is 14.4. The lowest BCUT2D eigenvalue weighted by Gasteiger charge is -2.24. The van der Waals surface area contributed by atoms with Crippen molar-refractivity contribution in [2.75, 3.05) is 33.4 Å². The zero-order chi connectivity index (χ0) is 23.7. The molecule has 2 N–H and O–H groups in total. The molecule has 0 atom stereocenters. The highest BCUT2D eigenvalue weighted by molar-refractivity contribution is 7.89. The number of methoxy groups -OCH3 is 1. The van der Waals surface area contributed by atoms with Gasteiger partial charge in [0.1, 0.15) is 5.82 Å². The van der Waals surface area contributed by atoms with Gasteiger partial charge in [-0.3, -0.25) is 0 Å². The van der Waals surface area contributed by atoms with Gasteiger partial charge in [-0.25, -0.2) is 22.3 Å². The molecule has 0 heterocycles. The normalized spacial score (nSPS) is 12.3. The summed E-state index contributed by atoms with van der Waals surface area (Å²) in [5, 5.41) is 2.78. The van der Waals surface area contributed by atoms with Crippen molar-refractivity contribution >= 4 is 16.1 Å². The minimum atomic E-state index is -5.02. The van der Waals surface area contributed by atoms with Crippen LogP contribution in [0.5, 0.6) is 0 Å². The molecule has 0 aliphatic carbocycles. The molecule has 7 nitrogen and oxygen atoms in total. The van der Waals surface area contributed by atoms with Crippen molar-refractivity contribution in [3.63, 3.8) is 0 Å². The zero-order valence-electron chi connectivity index (χ0n) is 17.8. The quantitative estimate of drug-likeness (QED) is 0.362. The van der Waals surface area contributed by atoms with Crippen LogP contribution in [0.1, 0.15) is 38.7 Å². The number of halogens is 4. The van der Waals surface area contributed by atoms with Crippen LogP contribution in [-0.4, -0.2) is 58.7 Å². The molecule has 0 aliphatic heterocycles. The van der Waals surface area contributed by atoms with Crippen LogP contribution in [0.15, 0.2) is 23.1 Å². The molecule has 0 spiro atoms. The van der Waals surface area contributed by atoms with Crippen LogP contribution < -0.4 is 10.0 Å². The molecule has 0 saturated heterocycles. The topological polar surface area (TPSA) is 87.7 Å². The number of alkyl halides is 3. The number of ether oxygens (including phenoxy) is 1. The molecule has 0 aliphatic rings. The van der Waals surface area contributed by atoms with Crippen LogP contribution in [0, 0.1) is 5.82 Å². The summed E-state index contributed by atoms with van der Waals surface area (Å²) in [6, 6.07) is 1.10. The van der Waals surface area contributed by atoms with E-state index >= 15 is 0 Å². The van der Waals surface area contributed by atoms with Gasteiger partial charge in [0, 0.05) is 39.4 Å². The van der Waals surface area contributed by atoms with Crippen molar-refractivity contribution in [1.29, 1.82) is 0 Å². The maximum Gasteiger partial charge on any atom is 0.417 e.